The van der Waals surface area contributed by atoms with Gasteiger partial charge in [0.05, 0.1) is 5.56 Å². The molecule has 0 unspecified atom stereocenters. The molecule has 2 aromatic rings. The van der Waals surface area contributed by atoms with E-state index in [0.29, 0.717) is 11.6 Å². The molecule has 1 aliphatic carbocycles. The van der Waals surface area contributed by atoms with Gasteiger partial charge in [-0.2, -0.15) is 0 Å². The zero-order chi connectivity index (χ0) is 11.8. The molecule has 4 nitrogen and oxygen atoms in total. The molecule has 0 amide bonds. The molecule has 1 aromatic carbocycles. The van der Waals surface area contributed by atoms with Crippen molar-refractivity contribution in [1.29, 1.82) is 0 Å². The molecule has 4 heteroatoms. The standard InChI is InChI=1S/C13H11NO3/c15-13(16)10-3-1-2-9(6-10)11-7-17-12(14-11)8-4-5-8/h1-3,6-8H,4-5H2,(H,15,16). The Morgan fingerprint density at radius 2 is 2.24 bits per heavy atom. The second-order valence-electron chi connectivity index (χ2n) is 4.23. The molecule has 1 saturated carbocycles. The van der Waals surface area contributed by atoms with Crippen molar-refractivity contribution in [3.8, 4) is 11.3 Å². The topological polar surface area (TPSA) is 63.3 Å². The predicted octanol–water partition coefficient (Wildman–Crippen LogP) is 2.92. The number of carboxylic acids is 1. The molecule has 0 radical (unpaired) electrons. The van der Waals surface area contributed by atoms with Gasteiger partial charge in [-0.15, -0.1) is 0 Å². The molecule has 0 bridgehead atoms. The summed E-state index contributed by atoms with van der Waals surface area (Å²) < 4.78 is 5.38. The second kappa shape index (κ2) is 3.73. The lowest BCUT2D eigenvalue weighted by atomic mass is 10.1. The van der Waals surface area contributed by atoms with E-state index in [1.54, 1.807) is 24.5 Å². The van der Waals surface area contributed by atoms with Gasteiger partial charge in [-0.3, -0.25) is 0 Å². The van der Waals surface area contributed by atoms with Crippen LogP contribution in [0.3, 0.4) is 0 Å². The van der Waals surface area contributed by atoms with Gasteiger partial charge in [0.25, 0.3) is 0 Å². The van der Waals surface area contributed by atoms with Crippen molar-refractivity contribution in [3.63, 3.8) is 0 Å². The number of hydrogen-bond acceptors (Lipinski definition) is 3. The van der Waals surface area contributed by atoms with Crippen LogP contribution in [0.2, 0.25) is 0 Å². The molecule has 0 saturated heterocycles. The minimum atomic E-state index is -0.933. The van der Waals surface area contributed by atoms with E-state index in [0.717, 1.165) is 24.3 Å². The fraction of sp³-hybridized carbons (Fsp3) is 0.231. The lowest BCUT2D eigenvalue weighted by molar-refractivity contribution is 0.0697. The van der Waals surface area contributed by atoms with Crippen LogP contribution in [0.1, 0.15) is 35.0 Å². The van der Waals surface area contributed by atoms with E-state index in [1.165, 1.54) is 0 Å². The Hall–Kier alpha value is -2.10. The molecule has 0 spiro atoms. The molecule has 1 heterocycles. The molecule has 0 atom stereocenters. The molecule has 1 aromatic heterocycles. The summed E-state index contributed by atoms with van der Waals surface area (Å²) in [4.78, 5) is 15.2. The maximum Gasteiger partial charge on any atom is 0.335 e. The first kappa shape index (κ1) is 10.1. The maximum atomic E-state index is 10.9. The van der Waals surface area contributed by atoms with Crippen LogP contribution in [0.25, 0.3) is 11.3 Å². The third kappa shape index (κ3) is 1.93. The van der Waals surface area contributed by atoms with Gasteiger partial charge >= 0.3 is 5.97 Å². The molecule has 3 rings (SSSR count). The van der Waals surface area contributed by atoms with E-state index >= 15 is 0 Å². The van der Waals surface area contributed by atoms with Crippen molar-refractivity contribution >= 4 is 5.97 Å². The van der Waals surface area contributed by atoms with Crippen molar-refractivity contribution in [3.05, 3.63) is 42.0 Å². The van der Waals surface area contributed by atoms with E-state index in [9.17, 15) is 4.79 Å². The summed E-state index contributed by atoms with van der Waals surface area (Å²) >= 11 is 0. The van der Waals surface area contributed by atoms with Crippen LogP contribution >= 0.6 is 0 Å². The first-order valence-electron chi connectivity index (χ1n) is 5.53. The number of oxazole rings is 1. The molecule has 86 valence electrons. The van der Waals surface area contributed by atoms with Gasteiger partial charge in [0.1, 0.15) is 12.0 Å². The summed E-state index contributed by atoms with van der Waals surface area (Å²) in [7, 11) is 0. The van der Waals surface area contributed by atoms with E-state index in [-0.39, 0.29) is 5.56 Å². The fourth-order valence-electron chi connectivity index (χ4n) is 1.75. The molecular weight excluding hydrogens is 218 g/mol. The van der Waals surface area contributed by atoms with Crippen LogP contribution < -0.4 is 0 Å². The lowest BCUT2D eigenvalue weighted by Gasteiger charge is -1.97. The number of carboxylic acid groups (broad SMARTS) is 1. The molecule has 17 heavy (non-hydrogen) atoms. The number of rotatable bonds is 3. The molecular formula is C13H11NO3. The zero-order valence-corrected chi connectivity index (χ0v) is 9.09. The normalized spacial score (nSPS) is 14.8. The predicted molar refractivity (Wildman–Crippen MR) is 60.9 cm³/mol. The molecule has 1 fully saturated rings. The van der Waals surface area contributed by atoms with Crippen molar-refractivity contribution in [2.24, 2.45) is 0 Å². The van der Waals surface area contributed by atoms with E-state index in [1.807, 2.05) is 6.07 Å². The molecule has 1 N–H and O–H groups in total. The van der Waals surface area contributed by atoms with E-state index in [2.05, 4.69) is 4.98 Å². The molecule has 0 aliphatic heterocycles. The monoisotopic (exact) mass is 229 g/mol. The van der Waals surface area contributed by atoms with Gasteiger partial charge in [0, 0.05) is 11.5 Å². The van der Waals surface area contributed by atoms with Crippen LogP contribution in [-0.2, 0) is 0 Å². The summed E-state index contributed by atoms with van der Waals surface area (Å²) in [5, 5.41) is 8.92. The van der Waals surface area contributed by atoms with Crippen LogP contribution in [0.15, 0.2) is 34.9 Å². The van der Waals surface area contributed by atoms with Crippen LogP contribution in [0, 0.1) is 0 Å². The quantitative estimate of drug-likeness (QED) is 0.878. The third-order valence-electron chi connectivity index (χ3n) is 2.85. The Balaban J connectivity index is 1.96. The van der Waals surface area contributed by atoms with Gasteiger partial charge in [-0.05, 0) is 25.0 Å². The first-order valence-corrected chi connectivity index (χ1v) is 5.53. The average Bonchev–Trinajstić information content (AvgIpc) is 3.07. The van der Waals surface area contributed by atoms with Gasteiger partial charge in [-0.25, -0.2) is 9.78 Å². The highest BCUT2D eigenvalue weighted by Crippen LogP contribution is 2.40. The number of carbonyl (C=O) groups is 1. The third-order valence-corrected chi connectivity index (χ3v) is 2.85. The Morgan fingerprint density at radius 3 is 2.94 bits per heavy atom. The number of nitrogens with zero attached hydrogens (tertiary/aromatic N) is 1. The van der Waals surface area contributed by atoms with Crippen molar-refractivity contribution in [1.82, 2.24) is 4.98 Å². The number of aromatic nitrogens is 1. The average molecular weight is 229 g/mol. The number of hydrogen-bond donors (Lipinski definition) is 1. The van der Waals surface area contributed by atoms with Gasteiger partial charge in [0.15, 0.2) is 5.89 Å². The Morgan fingerprint density at radius 1 is 1.41 bits per heavy atom. The largest absolute Gasteiger partial charge is 0.478 e. The maximum absolute atomic E-state index is 10.9. The van der Waals surface area contributed by atoms with Gasteiger partial charge in [-0.1, -0.05) is 12.1 Å². The summed E-state index contributed by atoms with van der Waals surface area (Å²) in [6, 6.07) is 6.72. The second-order valence-corrected chi connectivity index (χ2v) is 4.23. The summed E-state index contributed by atoms with van der Waals surface area (Å²) in [5.41, 5.74) is 1.74. The Labute approximate surface area is 97.9 Å². The zero-order valence-electron chi connectivity index (χ0n) is 9.09. The van der Waals surface area contributed by atoms with Crippen molar-refractivity contribution in [2.45, 2.75) is 18.8 Å². The smallest absolute Gasteiger partial charge is 0.335 e. The van der Waals surface area contributed by atoms with Crippen molar-refractivity contribution < 1.29 is 14.3 Å². The number of aromatic carboxylic acids is 1. The summed E-state index contributed by atoms with van der Waals surface area (Å²) in [5.74, 6) is 0.296. The minimum absolute atomic E-state index is 0.262. The highest BCUT2D eigenvalue weighted by Gasteiger charge is 2.28. The Kier molecular flexibility index (Phi) is 2.21. The number of benzene rings is 1. The van der Waals surface area contributed by atoms with Crippen molar-refractivity contribution in [2.75, 3.05) is 0 Å². The lowest BCUT2D eigenvalue weighted by Crippen LogP contribution is -1.95. The van der Waals surface area contributed by atoms with Crippen LogP contribution in [0.5, 0.6) is 0 Å². The van der Waals surface area contributed by atoms with E-state index in [4.69, 9.17) is 9.52 Å². The Bertz CT molecular complexity index is 570. The van der Waals surface area contributed by atoms with Gasteiger partial charge < -0.3 is 9.52 Å². The highest BCUT2D eigenvalue weighted by atomic mass is 16.4. The van der Waals surface area contributed by atoms with Crippen LogP contribution in [-0.4, -0.2) is 16.1 Å². The SMILES string of the molecule is O=C(O)c1cccc(-c2coc(C3CC3)n2)c1. The van der Waals surface area contributed by atoms with Gasteiger partial charge in [0.2, 0.25) is 0 Å². The van der Waals surface area contributed by atoms with Crippen LogP contribution in [0.4, 0.5) is 0 Å². The minimum Gasteiger partial charge on any atom is -0.478 e. The summed E-state index contributed by atoms with van der Waals surface area (Å²) in [6.45, 7) is 0. The first-order chi connectivity index (χ1) is 8.24. The summed E-state index contributed by atoms with van der Waals surface area (Å²) in [6.07, 6.45) is 3.86. The molecule has 1 aliphatic rings. The van der Waals surface area contributed by atoms with E-state index < -0.39 is 5.97 Å². The fourth-order valence-corrected chi connectivity index (χ4v) is 1.75. The highest BCUT2D eigenvalue weighted by molar-refractivity contribution is 5.89.